The molecule has 0 spiro atoms. The predicted octanol–water partition coefficient (Wildman–Crippen LogP) is 5.31. The highest BCUT2D eigenvalue weighted by atomic mass is 35.5. The molecule has 4 heteroatoms. The quantitative estimate of drug-likeness (QED) is 0.691. The summed E-state index contributed by atoms with van der Waals surface area (Å²) < 4.78 is 1.19. The van der Waals surface area contributed by atoms with E-state index in [1.807, 2.05) is 25.1 Å². The fraction of sp³-hybridized carbons (Fsp3) is 0.133. The molecule has 2 aromatic carbocycles. The van der Waals surface area contributed by atoms with Crippen molar-refractivity contribution < 1.29 is 0 Å². The first-order chi connectivity index (χ1) is 9.15. The van der Waals surface area contributed by atoms with Gasteiger partial charge in [0.1, 0.15) is 0 Å². The molecule has 1 heterocycles. The molecule has 0 radical (unpaired) electrons. The van der Waals surface area contributed by atoms with Crippen molar-refractivity contribution in [2.24, 2.45) is 0 Å². The summed E-state index contributed by atoms with van der Waals surface area (Å²) in [6.45, 7) is 4.11. The minimum atomic E-state index is 0.718. The molecule has 1 aromatic heterocycles. The van der Waals surface area contributed by atoms with E-state index in [0.717, 1.165) is 26.9 Å². The number of benzene rings is 2. The Hall–Kier alpha value is -1.58. The summed E-state index contributed by atoms with van der Waals surface area (Å²) in [7, 11) is 0. The lowest BCUT2D eigenvalue weighted by atomic mass is 10.2. The van der Waals surface area contributed by atoms with E-state index >= 15 is 0 Å². The number of aromatic nitrogens is 1. The van der Waals surface area contributed by atoms with Crippen LogP contribution in [-0.4, -0.2) is 4.98 Å². The summed E-state index contributed by atoms with van der Waals surface area (Å²) in [5, 5.41) is 4.93. The average molecular weight is 289 g/mol. The van der Waals surface area contributed by atoms with Crippen LogP contribution >= 0.6 is 22.9 Å². The van der Waals surface area contributed by atoms with Gasteiger partial charge in [-0.15, -0.1) is 0 Å². The van der Waals surface area contributed by atoms with Crippen molar-refractivity contribution >= 4 is 44.0 Å². The molecule has 0 amide bonds. The molecule has 19 heavy (non-hydrogen) atoms. The lowest BCUT2D eigenvalue weighted by molar-refractivity contribution is 1.38. The van der Waals surface area contributed by atoms with E-state index in [0.29, 0.717) is 0 Å². The van der Waals surface area contributed by atoms with Gasteiger partial charge in [0.15, 0.2) is 5.13 Å². The summed E-state index contributed by atoms with van der Waals surface area (Å²) in [6.07, 6.45) is 0. The molecule has 0 atom stereocenters. The minimum absolute atomic E-state index is 0.718. The Labute approximate surface area is 121 Å². The van der Waals surface area contributed by atoms with Crippen LogP contribution in [0.2, 0.25) is 5.02 Å². The number of aryl methyl sites for hydroxylation is 2. The third kappa shape index (κ3) is 2.31. The van der Waals surface area contributed by atoms with E-state index in [4.69, 9.17) is 11.6 Å². The Morgan fingerprint density at radius 2 is 1.79 bits per heavy atom. The van der Waals surface area contributed by atoms with E-state index in [2.05, 4.69) is 35.4 Å². The highest BCUT2D eigenvalue weighted by Crippen LogP contribution is 2.33. The molecule has 0 saturated carbocycles. The maximum Gasteiger partial charge on any atom is 0.188 e. The molecule has 3 rings (SSSR count). The third-order valence-corrected chi connectivity index (χ3v) is 4.33. The number of nitrogens with one attached hydrogen (secondary N) is 1. The molecule has 0 unspecified atom stereocenters. The second-order valence-corrected chi connectivity index (χ2v) is 5.94. The summed E-state index contributed by atoms with van der Waals surface area (Å²) in [4.78, 5) is 4.64. The molecule has 0 fully saturated rings. The van der Waals surface area contributed by atoms with Crippen LogP contribution in [-0.2, 0) is 0 Å². The fourth-order valence-corrected chi connectivity index (χ4v) is 3.25. The van der Waals surface area contributed by atoms with Gasteiger partial charge in [-0.05, 0) is 37.1 Å². The van der Waals surface area contributed by atoms with Crippen LogP contribution in [0.4, 0.5) is 10.8 Å². The Morgan fingerprint density at radius 1 is 1.05 bits per heavy atom. The van der Waals surface area contributed by atoms with E-state index in [-0.39, 0.29) is 0 Å². The van der Waals surface area contributed by atoms with Crippen LogP contribution in [0.5, 0.6) is 0 Å². The van der Waals surface area contributed by atoms with E-state index in [1.165, 1.54) is 10.3 Å². The van der Waals surface area contributed by atoms with Crippen molar-refractivity contribution in [3.8, 4) is 0 Å². The SMILES string of the molecule is Cc1cccc(Cl)c1Nc1nc2c(C)cccc2s1. The van der Waals surface area contributed by atoms with Crippen molar-refractivity contribution in [3.63, 3.8) is 0 Å². The molecule has 0 bridgehead atoms. The number of para-hydroxylation sites is 2. The smallest absolute Gasteiger partial charge is 0.188 e. The number of anilines is 2. The van der Waals surface area contributed by atoms with Crippen LogP contribution in [0.15, 0.2) is 36.4 Å². The van der Waals surface area contributed by atoms with Gasteiger partial charge in [0.2, 0.25) is 0 Å². The Kier molecular flexibility index (Phi) is 3.17. The molecule has 96 valence electrons. The summed E-state index contributed by atoms with van der Waals surface area (Å²) in [6, 6.07) is 12.1. The maximum absolute atomic E-state index is 6.22. The second-order valence-electron chi connectivity index (χ2n) is 4.50. The zero-order chi connectivity index (χ0) is 13.4. The van der Waals surface area contributed by atoms with Crippen molar-refractivity contribution in [2.45, 2.75) is 13.8 Å². The number of rotatable bonds is 2. The molecule has 0 aliphatic rings. The minimum Gasteiger partial charge on any atom is -0.330 e. The highest BCUT2D eigenvalue weighted by Gasteiger charge is 2.09. The van der Waals surface area contributed by atoms with E-state index in [9.17, 15) is 0 Å². The maximum atomic E-state index is 6.22. The van der Waals surface area contributed by atoms with Gasteiger partial charge in [0.05, 0.1) is 20.9 Å². The lowest BCUT2D eigenvalue weighted by Gasteiger charge is -2.08. The number of thiazole rings is 1. The number of halogens is 1. The Morgan fingerprint density at radius 3 is 2.53 bits per heavy atom. The molecule has 0 aliphatic carbocycles. The summed E-state index contributed by atoms with van der Waals surface area (Å²) >= 11 is 7.87. The van der Waals surface area contributed by atoms with Gasteiger partial charge in [-0.1, -0.05) is 47.2 Å². The third-order valence-electron chi connectivity index (χ3n) is 3.07. The number of hydrogen-bond acceptors (Lipinski definition) is 3. The van der Waals surface area contributed by atoms with Gasteiger partial charge in [0, 0.05) is 0 Å². The first-order valence-electron chi connectivity index (χ1n) is 6.03. The van der Waals surface area contributed by atoms with Gasteiger partial charge >= 0.3 is 0 Å². The van der Waals surface area contributed by atoms with E-state index in [1.54, 1.807) is 11.3 Å². The molecule has 0 aliphatic heterocycles. The van der Waals surface area contributed by atoms with Gasteiger partial charge in [-0.2, -0.15) is 0 Å². The number of fused-ring (bicyclic) bond motifs is 1. The molecule has 1 N–H and O–H groups in total. The first kappa shape index (κ1) is 12.5. The van der Waals surface area contributed by atoms with Crippen LogP contribution < -0.4 is 5.32 Å². The monoisotopic (exact) mass is 288 g/mol. The van der Waals surface area contributed by atoms with Crippen molar-refractivity contribution in [3.05, 3.63) is 52.5 Å². The standard InChI is InChI=1S/C15H13ClN2S/c1-9-5-3-7-11(16)13(9)17-15-18-14-10(2)6-4-8-12(14)19-15/h3-8H,1-2H3,(H,17,18). The molecule has 3 aromatic rings. The topological polar surface area (TPSA) is 24.9 Å². The predicted molar refractivity (Wildman–Crippen MR) is 83.8 cm³/mol. The first-order valence-corrected chi connectivity index (χ1v) is 7.23. The van der Waals surface area contributed by atoms with Gasteiger partial charge in [0.25, 0.3) is 0 Å². The van der Waals surface area contributed by atoms with Gasteiger partial charge in [-0.3, -0.25) is 0 Å². The fourth-order valence-electron chi connectivity index (χ4n) is 2.04. The number of nitrogens with zero attached hydrogens (tertiary/aromatic N) is 1. The van der Waals surface area contributed by atoms with Crippen LogP contribution in [0.3, 0.4) is 0 Å². The normalized spacial score (nSPS) is 10.9. The van der Waals surface area contributed by atoms with Gasteiger partial charge < -0.3 is 5.32 Å². The van der Waals surface area contributed by atoms with Gasteiger partial charge in [-0.25, -0.2) is 4.98 Å². The van der Waals surface area contributed by atoms with Crippen LogP contribution in [0.25, 0.3) is 10.2 Å². The van der Waals surface area contributed by atoms with Crippen molar-refractivity contribution in [1.29, 1.82) is 0 Å². The Balaban J connectivity index is 2.04. The van der Waals surface area contributed by atoms with Crippen LogP contribution in [0, 0.1) is 13.8 Å². The Bertz CT molecular complexity index is 729. The lowest BCUT2D eigenvalue weighted by Crippen LogP contribution is -1.93. The largest absolute Gasteiger partial charge is 0.330 e. The zero-order valence-corrected chi connectivity index (χ0v) is 12.3. The zero-order valence-electron chi connectivity index (χ0n) is 10.7. The summed E-state index contributed by atoms with van der Waals surface area (Å²) in [5.74, 6) is 0. The molecule has 2 nitrogen and oxygen atoms in total. The molecular weight excluding hydrogens is 276 g/mol. The molecular formula is C15H13ClN2S. The number of hydrogen-bond donors (Lipinski definition) is 1. The molecule has 0 saturated heterocycles. The second kappa shape index (κ2) is 4.83. The van der Waals surface area contributed by atoms with Crippen molar-refractivity contribution in [2.75, 3.05) is 5.32 Å². The van der Waals surface area contributed by atoms with Crippen molar-refractivity contribution in [1.82, 2.24) is 4.98 Å². The average Bonchev–Trinajstić information content (AvgIpc) is 2.78. The van der Waals surface area contributed by atoms with Crippen LogP contribution in [0.1, 0.15) is 11.1 Å². The summed E-state index contributed by atoms with van der Waals surface area (Å²) in [5.41, 5.74) is 4.29. The van der Waals surface area contributed by atoms with E-state index < -0.39 is 0 Å². The highest BCUT2D eigenvalue weighted by molar-refractivity contribution is 7.22.